The van der Waals surface area contributed by atoms with Gasteiger partial charge in [0.1, 0.15) is 0 Å². The summed E-state index contributed by atoms with van der Waals surface area (Å²) in [7, 11) is 1.45. The molecule has 2 nitrogen and oxygen atoms in total. The standard InChI is InChI=1S/C21H34O2/c1-3-4-5-6-7-8-9-10-11-12-13-14-15-16-17-18-19-20-21(22)23-2/h4-5,7-8,10-11,13-14H,3,6,9,12,15-20H2,1-2H3. The Kier molecular flexibility index (Phi) is 17.2. The maximum absolute atomic E-state index is 10.9. The second-order valence-electron chi connectivity index (χ2n) is 5.53. The first-order chi connectivity index (χ1) is 11.3. The van der Waals surface area contributed by atoms with Crippen molar-refractivity contribution in [2.24, 2.45) is 0 Å². The summed E-state index contributed by atoms with van der Waals surface area (Å²) in [5, 5.41) is 0. The summed E-state index contributed by atoms with van der Waals surface area (Å²) in [6, 6.07) is 0. The molecule has 0 aromatic carbocycles. The lowest BCUT2D eigenvalue weighted by atomic mass is 10.1. The fourth-order valence-corrected chi connectivity index (χ4v) is 2.08. The van der Waals surface area contributed by atoms with Crippen LogP contribution in [0.4, 0.5) is 0 Å². The molecule has 23 heavy (non-hydrogen) atoms. The zero-order valence-electron chi connectivity index (χ0n) is 15.0. The lowest BCUT2D eigenvalue weighted by molar-refractivity contribution is -0.140. The highest BCUT2D eigenvalue weighted by molar-refractivity contribution is 5.68. The van der Waals surface area contributed by atoms with E-state index in [9.17, 15) is 4.79 Å². The van der Waals surface area contributed by atoms with Gasteiger partial charge in [-0.15, -0.1) is 0 Å². The van der Waals surface area contributed by atoms with Gasteiger partial charge in [0.15, 0.2) is 0 Å². The largest absolute Gasteiger partial charge is 0.469 e. The number of unbranched alkanes of at least 4 members (excludes halogenated alkanes) is 4. The first-order valence-electron chi connectivity index (χ1n) is 8.98. The summed E-state index contributed by atoms with van der Waals surface area (Å²) < 4.78 is 4.62. The van der Waals surface area contributed by atoms with Gasteiger partial charge < -0.3 is 4.74 Å². The summed E-state index contributed by atoms with van der Waals surface area (Å²) in [6.45, 7) is 2.15. The van der Waals surface area contributed by atoms with E-state index in [0.717, 1.165) is 44.9 Å². The van der Waals surface area contributed by atoms with Crippen LogP contribution in [-0.2, 0) is 9.53 Å². The number of carbonyl (C=O) groups excluding carboxylic acids is 1. The molecule has 0 N–H and O–H groups in total. The van der Waals surface area contributed by atoms with Crippen LogP contribution in [0.15, 0.2) is 48.6 Å². The van der Waals surface area contributed by atoms with Gasteiger partial charge in [-0.2, -0.15) is 0 Å². The van der Waals surface area contributed by atoms with Gasteiger partial charge in [-0.3, -0.25) is 4.79 Å². The van der Waals surface area contributed by atoms with Gasteiger partial charge in [0, 0.05) is 6.42 Å². The monoisotopic (exact) mass is 318 g/mol. The minimum absolute atomic E-state index is 0.0936. The Labute approximate surface area is 143 Å². The highest BCUT2D eigenvalue weighted by atomic mass is 16.5. The normalized spacial score (nSPS) is 12.3. The van der Waals surface area contributed by atoms with E-state index in [1.165, 1.54) is 20.0 Å². The van der Waals surface area contributed by atoms with E-state index in [2.05, 4.69) is 60.3 Å². The quantitative estimate of drug-likeness (QED) is 0.213. The van der Waals surface area contributed by atoms with Crippen molar-refractivity contribution in [3.63, 3.8) is 0 Å². The van der Waals surface area contributed by atoms with E-state index in [4.69, 9.17) is 0 Å². The zero-order valence-corrected chi connectivity index (χ0v) is 15.0. The number of ether oxygens (including phenoxy) is 1. The third kappa shape index (κ3) is 18.4. The average Bonchev–Trinajstić information content (AvgIpc) is 2.57. The summed E-state index contributed by atoms with van der Waals surface area (Å²) in [4.78, 5) is 10.9. The third-order valence-electron chi connectivity index (χ3n) is 3.45. The predicted octanol–water partition coefficient (Wildman–Crippen LogP) is 6.31. The van der Waals surface area contributed by atoms with Crippen LogP contribution in [-0.4, -0.2) is 13.1 Å². The first-order valence-corrected chi connectivity index (χ1v) is 8.98. The van der Waals surface area contributed by atoms with Crippen LogP contribution in [0.1, 0.15) is 71.1 Å². The van der Waals surface area contributed by atoms with Gasteiger partial charge in [0.05, 0.1) is 7.11 Å². The summed E-state index contributed by atoms with van der Waals surface area (Å²) in [6.07, 6.45) is 28.1. The van der Waals surface area contributed by atoms with Gasteiger partial charge in [0.25, 0.3) is 0 Å². The first kappa shape index (κ1) is 21.4. The molecule has 0 aliphatic rings. The van der Waals surface area contributed by atoms with Gasteiger partial charge in [0.2, 0.25) is 0 Å². The number of hydrogen-bond acceptors (Lipinski definition) is 2. The number of methoxy groups -OCH3 is 1. The van der Waals surface area contributed by atoms with Crippen LogP contribution in [0.5, 0.6) is 0 Å². The van der Waals surface area contributed by atoms with Gasteiger partial charge in [-0.25, -0.2) is 0 Å². The SMILES string of the molecule is CCC=CCC=CCC=CCC=CCCCCCCC(=O)OC. The molecule has 0 aromatic rings. The lowest BCUT2D eigenvalue weighted by Crippen LogP contribution is -1.98. The molecule has 0 saturated carbocycles. The second kappa shape index (κ2) is 18.5. The van der Waals surface area contributed by atoms with Gasteiger partial charge in [-0.05, 0) is 44.9 Å². The number of allylic oxidation sites excluding steroid dienone is 8. The van der Waals surface area contributed by atoms with Crippen molar-refractivity contribution >= 4 is 5.97 Å². The Bertz CT molecular complexity index is 375. The molecule has 0 amide bonds. The molecule has 0 aromatic heterocycles. The Morgan fingerprint density at radius 2 is 1.26 bits per heavy atom. The Morgan fingerprint density at radius 3 is 1.83 bits per heavy atom. The van der Waals surface area contributed by atoms with E-state index >= 15 is 0 Å². The van der Waals surface area contributed by atoms with E-state index in [-0.39, 0.29) is 5.97 Å². The summed E-state index contributed by atoms with van der Waals surface area (Å²) in [5.74, 6) is -0.0936. The molecule has 0 radical (unpaired) electrons. The van der Waals surface area contributed by atoms with Gasteiger partial charge >= 0.3 is 5.97 Å². The number of esters is 1. The fraction of sp³-hybridized carbons (Fsp3) is 0.571. The molecule has 2 heteroatoms. The lowest BCUT2D eigenvalue weighted by Gasteiger charge is -1.99. The predicted molar refractivity (Wildman–Crippen MR) is 100 cm³/mol. The average molecular weight is 319 g/mol. The second-order valence-corrected chi connectivity index (χ2v) is 5.53. The molecule has 0 spiro atoms. The molecule has 0 rings (SSSR count). The number of hydrogen-bond donors (Lipinski definition) is 0. The van der Waals surface area contributed by atoms with Crippen molar-refractivity contribution in [3.05, 3.63) is 48.6 Å². The molecule has 0 heterocycles. The van der Waals surface area contributed by atoms with E-state index in [1.807, 2.05) is 0 Å². The van der Waals surface area contributed by atoms with Crippen molar-refractivity contribution in [3.8, 4) is 0 Å². The van der Waals surface area contributed by atoms with Crippen molar-refractivity contribution < 1.29 is 9.53 Å². The molecule has 0 saturated heterocycles. The van der Waals surface area contributed by atoms with E-state index in [0.29, 0.717) is 6.42 Å². The van der Waals surface area contributed by atoms with Crippen LogP contribution in [0, 0.1) is 0 Å². The molecule has 0 aliphatic carbocycles. The molecule has 0 fully saturated rings. The van der Waals surface area contributed by atoms with Crippen molar-refractivity contribution in [1.82, 2.24) is 0 Å². The minimum atomic E-state index is -0.0936. The van der Waals surface area contributed by atoms with Crippen LogP contribution in [0.25, 0.3) is 0 Å². The Hall–Kier alpha value is -1.57. The summed E-state index contributed by atoms with van der Waals surface area (Å²) in [5.41, 5.74) is 0. The topological polar surface area (TPSA) is 26.3 Å². The minimum Gasteiger partial charge on any atom is -0.469 e. The molecule has 130 valence electrons. The number of carbonyl (C=O) groups is 1. The fourth-order valence-electron chi connectivity index (χ4n) is 2.08. The van der Waals surface area contributed by atoms with Crippen LogP contribution >= 0.6 is 0 Å². The third-order valence-corrected chi connectivity index (χ3v) is 3.45. The highest BCUT2D eigenvalue weighted by Gasteiger charge is 1.98. The summed E-state index contributed by atoms with van der Waals surface area (Å²) >= 11 is 0. The molecular weight excluding hydrogens is 284 g/mol. The molecule has 0 bridgehead atoms. The van der Waals surface area contributed by atoms with Crippen molar-refractivity contribution in [1.29, 1.82) is 0 Å². The van der Waals surface area contributed by atoms with Gasteiger partial charge in [-0.1, -0.05) is 68.4 Å². The molecular formula is C21H34O2. The smallest absolute Gasteiger partial charge is 0.305 e. The Balaban J connectivity index is 3.35. The molecule has 0 aliphatic heterocycles. The highest BCUT2D eigenvalue weighted by Crippen LogP contribution is 2.06. The zero-order chi connectivity index (χ0) is 17.0. The number of rotatable bonds is 14. The van der Waals surface area contributed by atoms with Crippen LogP contribution < -0.4 is 0 Å². The van der Waals surface area contributed by atoms with E-state index < -0.39 is 0 Å². The Morgan fingerprint density at radius 1 is 0.739 bits per heavy atom. The van der Waals surface area contributed by atoms with E-state index in [1.54, 1.807) is 0 Å². The van der Waals surface area contributed by atoms with Crippen LogP contribution in [0.3, 0.4) is 0 Å². The molecule has 0 unspecified atom stereocenters. The van der Waals surface area contributed by atoms with Crippen molar-refractivity contribution in [2.75, 3.05) is 7.11 Å². The maximum Gasteiger partial charge on any atom is 0.305 e. The maximum atomic E-state index is 10.9. The van der Waals surface area contributed by atoms with Crippen molar-refractivity contribution in [2.45, 2.75) is 71.1 Å². The van der Waals surface area contributed by atoms with Crippen LogP contribution in [0.2, 0.25) is 0 Å². The molecule has 0 atom stereocenters.